The maximum absolute atomic E-state index is 11.6. The molecule has 19 heavy (non-hydrogen) atoms. The van der Waals surface area contributed by atoms with E-state index >= 15 is 0 Å². The molecule has 1 saturated heterocycles. The zero-order chi connectivity index (χ0) is 14.1. The van der Waals surface area contributed by atoms with E-state index in [-0.39, 0.29) is 18.4 Å². The summed E-state index contributed by atoms with van der Waals surface area (Å²) in [5, 5.41) is 11.3. The zero-order valence-electron chi connectivity index (χ0n) is 11.7. The molecule has 0 aromatic heterocycles. The number of unbranched alkanes of at least 4 members (excludes halogenated alkanes) is 2. The maximum Gasteiger partial charge on any atom is 0.303 e. The molecular weight excluding hydrogens is 246 g/mol. The lowest BCUT2D eigenvalue weighted by atomic mass is 10.1. The van der Waals surface area contributed by atoms with Crippen molar-refractivity contribution in [1.82, 2.24) is 5.32 Å². The van der Waals surface area contributed by atoms with Gasteiger partial charge in [-0.3, -0.25) is 9.59 Å². The molecule has 1 heterocycles. The predicted molar refractivity (Wildman–Crippen MR) is 71.9 cm³/mol. The van der Waals surface area contributed by atoms with Crippen LogP contribution in [0.3, 0.4) is 0 Å². The van der Waals surface area contributed by atoms with Crippen LogP contribution in [0.5, 0.6) is 0 Å². The third-order valence-electron chi connectivity index (χ3n) is 3.40. The normalized spacial score (nSPS) is 22.4. The van der Waals surface area contributed by atoms with Crippen LogP contribution >= 0.6 is 0 Å². The van der Waals surface area contributed by atoms with Crippen LogP contribution in [0.2, 0.25) is 0 Å². The number of ether oxygens (including phenoxy) is 1. The van der Waals surface area contributed by atoms with Crippen LogP contribution in [0.25, 0.3) is 0 Å². The number of hydrogen-bond acceptors (Lipinski definition) is 3. The predicted octanol–water partition coefficient (Wildman–Crippen LogP) is 2.10. The van der Waals surface area contributed by atoms with Crippen LogP contribution in [0.4, 0.5) is 0 Å². The van der Waals surface area contributed by atoms with E-state index in [9.17, 15) is 9.59 Å². The molecule has 0 aromatic carbocycles. The van der Waals surface area contributed by atoms with E-state index in [0.717, 1.165) is 32.1 Å². The number of aliphatic carboxylic acids is 1. The maximum atomic E-state index is 11.6. The molecule has 110 valence electrons. The molecular formula is C14H25NO4. The molecule has 0 aliphatic carbocycles. The fraction of sp³-hybridized carbons (Fsp3) is 0.857. The van der Waals surface area contributed by atoms with Gasteiger partial charge < -0.3 is 15.2 Å². The standard InChI is InChI=1S/C14H25NO4/c1-11-6-7-12(19-11)8-9-13(16)15-10-4-2-3-5-14(17)18/h11-12H,2-10H2,1H3,(H,15,16)(H,17,18). The van der Waals surface area contributed by atoms with Crippen molar-refractivity contribution in [3.63, 3.8) is 0 Å². The highest BCUT2D eigenvalue weighted by atomic mass is 16.5. The number of carboxylic acids is 1. The second-order valence-electron chi connectivity index (χ2n) is 5.24. The van der Waals surface area contributed by atoms with E-state index in [2.05, 4.69) is 12.2 Å². The molecule has 1 aliphatic rings. The van der Waals surface area contributed by atoms with Crippen LogP contribution in [-0.4, -0.2) is 35.7 Å². The molecule has 1 fully saturated rings. The summed E-state index contributed by atoms with van der Waals surface area (Å²) in [4.78, 5) is 21.9. The van der Waals surface area contributed by atoms with Crippen LogP contribution < -0.4 is 5.32 Å². The van der Waals surface area contributed by atoms with E-state index in [0.29, 0.717) is 25.5 Å². The Kier molecular flexibility index (Phi) is 7.48. The molecule has 1 rings (SSSR count). The summed E-state index contributed by atoms with van der Waals surface area (Å²) in [6.07, 6.45) is 6.63. The van der Waals surface area contributed by atoms with Crippen molar-refractivity contribution in [3.8, 4) is 0 Å². The quantitative estimate of drug-likeness (QED) is 0.630. The minimum Gasteiger partial charge on any atom is -0.481 e. The summed E-state index contributed by atoms with van der Waals surface area (Å²) in [5.41, 5.74) is 0. The van der Waals surface area contributed by atoms with E-state index in [4.69, 9.17) is 9.84 Å². The number of carboxylic acid groups (broad SMARTS) is 1. The smallest absolute Gasteiger partial charge is 0.303 e. The highest BCUT2D eigenvalue weighted by Gasteiger charge is 2.21. The molecule has 5 heteroatoms. The fourth-order valence-electron chi connectivity index (χ4n) is 2.28. The molecule has 0 radical (unpaired) electrons. The minimum atomic E-state index is -0.755. The molecule has 2 N–H and O–H groups in total. The Hall–Kier alpha value is -1.10. The number of amides is 1. The van der Waals surface area contributed by atoms with Gasteiger partial charge in [-0.15, -0.1) is 0 Å². The number of rotatable bonds is 9. The SMILES string of the molecule is CC1CCC(CCC(=O)NCCCCCC(=O)O)O1. The summed E-state index contributed by atoms with van der Waals surface area (Å²) in [5.74, 6) is -0.684. The molecule has 1 aliphatic heterocycles. The van der Waals surface area contributed by atoms with Crippen molar-refractivity contribution in [2.24, 2.45) is 0 Å². The molecule has 0 bridgehead atoms. The average Bonchev–Trinajstić information content (AvgIpc) is 2.76. The van der Waals surface area contributed by atoms with Crippen molar-refractivity contribution >= 4 is 11.9 Å². The average molecular weight is 271 g/mol. The Balaban J connectivity index is 1.92. The topological polar surface area (TPSA) is 75.6 Å². The Morgan fingerprint density at radius 2 is 2.00 bits per heavy atom. The fourth-order valence-corrected chi connectivity index (χ4v) is 2.28. The number of carbonyl (C=O) groups excluding carboxylic acids is 1. The summed E-state index contributed by atoms with van der Waals surface area (Å²) in [6.45, 7) is 2.71. The monoisotopic (exact) mass is 271 g/mol. The summed E-state index contributed by atoms with van der Waals surface area (Å²) in [7, 11) is 0. The first-order valence-electron chi connectivity index (χ1n) is 7.22. The lowest BCUT2D eigenvalue weighted by molar-refractivity contribution is -0.137. The first-order chi connectivity index (χ1) is 9.08. The highest BCUT2D eigenvalue weighted by Crippen LogP contribution is 2.22. The van der Waals surface area contributed by atoms with Gasteiger partial charge in [0.05, 0.1) is 12.2 Å². The first kappa shape index (κ1) is 16.0. The summed E-state index contributed by atoms with van der Waals surface area (Å²) in [6, 6.07) is 0. The molecule has 1 amide bonds. The number of nitrogens with one attached hydrogen (secondary N) is 1. The van der Waals surface area contributed by atoms with Gasteiger partial charge in [-0.25, -0.2) is 0 Å². The minimum absolute atomic E-state index is 0.0707. The van der Waals surface area contributed by atoms with Gasteiger partial charge in [-0.05, 0) is 39.0 Å². The number of carbonyl (C=O) groups is 2. The van der Waals surface area contributed by atoms with Crippen molar-refractivity contribution in [2.75, 3.05) is 6.54 Å². The van der Waals surface area contributed by atoms with Gasteiger partial charge >= 0.3 is 5.97 Å². The van der Waals surface area contributed by atoms with Gasteiger partial charge in [0.15, 0.2) is 0 Å². The van der Waals surface area contributed by atoms with Crippen LogP contribution in [0.15, 0.2) is 0 Å². The zero-order valence-corrected chi connectivity index (χ0v) is 11.7. The van der Waals surface area contributed by atoms with Crippen molar-refractivity contribution in [1.29, 1.82) is 0 Å². The van der Waals surface area contributed by atoms with Crippen molar-refractivity contribution in [3.05, 3.63) is 0 Å². The first-order valence-corrected chi connectivity index (χ1v) is 7.22. The van der Waals surface area contributed by atoms with Crippen LogP contribution in [0.1, 0.15) is 58.3 Å². The van der Waals surface area contributed by atoms with Crippen molar-refractivity contribution in [2.45, 2.75) is 70.5 Å². The third-order valence-corrected chi connectivity index (χ3v) is 3.40. The molecule has 0 saturated carbocycles. The molecule has 0 spiro atoms. The molecule has 0 aromatic rings. The van der Waals surface area contributed by atoms with Crippen LogP contribution in [0, 0.1) is 0 Å². The van der Waals surface area contributed by atoms with Gasteiger partial charge in [0, 0.05) is 19.4 Å². The Morgan fingerprint density at radius 1 is 1.21 bits per heavy atom. The Morgan fingerprint density at radius 3 is 2.63 bits per heavy atom. The largest absolute Gasteiger partial charge is 0.481 e. The van der Waals surface area contributed by atoms with E-state index in [1.165, 1.54) is 0 Å². The van der Waals surface area contributed by atoms with Crippen molar-refractivity contribution < 1.29 is 19.4 Å². The van der Waals surface area contributed by atoms with Crippen LogP contribution in [-0.2, 0) is 14.3 Å². The summed E-state index contributed by atoms with van der Waals surface area (Å²) >= 11 is 0. The summed E-state index contributed by atoms with van der Waals surface area (Å²) < 4.78 is 5.66. The molecule has 2 unspecified atom stereocenters. The van der Waals surface area contributed by atoms with Gasteiger partial charge in [-0.2, -0.15) is 0 Å². The Bertz CT molecular complexity index is 293. The van der Waals surface area contributed by atoms with Gasteiger partial charge in [-0.1, -0.05) is 6.42 Å². The second kappa shape index (κ2) is 8.91. The van der Waals surface area contributed by atoms with Gasteiger partial charge in [0.1, 0.15) is 0 Å². The second-order valence-corrected chi connectivity index (χ2v) is 5.24. The highest BCUT2D eigenvalue weighted by molar-refractivity contribution is 5.75. The van der Waals surface area contributed by atoms with E-state index in [1.54, 1.807) is 0 Å². The van der Waals surface area contributed by atoms with E-state index < -0.39 is 5.97 Å². The molecule has 2 atom stereocenters. The molecule has 5 nitrogen and oxygen atoms in total. The van der Waals surface area contributed by atoms with Gasteiger partial charge in [0.2, 0.25) is 5.91 Å². The van der Waals surface area contributed by atoms with E-state index in [1.807, 2.05) is 0 Å². The number of hydrogen-bond donors (Lipinski definition) is 2. The lowest BCUT2D eigenvalue weighted by Gasteiger charge is -2.10. The lowest BCUT2D eigenvalue weighted by Crippen LogP contribution is -2.25. The Labute approximate surface area is 114 Å². The third kappa shape index (κ3) is 7.82. The van der Waals surface area contributed by atoms with Gasteiger partial charge in [0.25, 0.3) is 0 Å².